The first-order valence-corrected chi connectivity index (χ1v) is 9.41. The third kappa shape index (κ3) is 5.77. The lowest BCUT2D eigenvalue weighted by Gasteiger charge is -2.31. The number of likely N-dealkylation sites (tertiary alicyclic amines) is 1. The SMILES string of the molecule is Cc1ccc(NC(=O)CSC(C)C(=O)N2CCC(C(=O)O)CC2)cc1. The number of hydrogen-bond donors (Lipinski definition) is 2. The molecule has 0 spiro atoms. The average Bonchev–Trinajstić information content (AvgIpc) is 2.61. The summed E-state index contributed by atoms with van der Waals surface area (Å²) in [5.74, 6) is -1.11. The van der Waals surface area contributed by atoms with Crippen LogP contribution in [0, 0.1) is 12.8 Å². The van der Waals surface area contributed by atoms with E-state index >= 15 is 0 Å². The van der Waals surface area contributed by atoms with E-state index in [4.69, 9.17) is 5.11 Å². The van der Waals surface area contributed by atoms with Crippen molar-refractivity contribution in [1.29, 1.82) is 0 Å². The fraction of sp³-hybridized carbons (Fsp3) is 0.500. The van der Waals surface area contributed by atoms with Gasteiger partial charge in [0.25, 0.3) is 0 Å². The summed E-state index contributed by atoms with van der Waals surface area (Å²) in [4.78, 5) is 37.1. The van der Waals surface area contributed by atoms with E-state index in [-0.39, 0.29) is 28.7 Å². The van der Waals surface area contributed by atoms with E-state index in [1.54, 1.807) is 11.8 Å². The zero-order valence-corrected chi connectivity index (χ0v) is 15.3. The van der Waals surface area contributed by atoms with Crippen molar-refractivity contribution in [2.45, 2.75) is 31.9 Å². The summed E-state index contributed by atoms with van der Waals surface area (Å²) in [7, 11) is 0. The van der Waals surface area contributed by atoms with Crippen LogP contribution in [0.3, 0.4) is 0 Å². The van der Waals surface area contributed by atoms with Crippen molar-refractivity contribution in [1.82, 2.24) is 4.90 Å². The molecule has 1 aromatic rings. The van der Waals surface area contributed by atoms with E-state index in [1.807, 2.05) is 31.2 Å². The molecule has 1 heterocycles. The number of nitrogens with zero attached hydrogens (tertiary/aromatic N) is 1. The largest absolute Gasteiger partial charge is 0.481 e. The van der Waals surface area contributed by atoms with Gasteiger partial charge < -0.3 is 15.3 Å². The number of anilines is 1. The van der Waals surface area contributed by atoms with E-state index in [0.717, 1.165) is 11.3 Å². The third-order valence-corrected chi connectivity index (χ3v) is 5.43. The predicted octanol–water partition coefficient (Wildman–Crippen LogP) is 2.38. The van der Waals surface area contributed by atoms with Gasteiger partial charge in [-0.3, -0.25) is 14.4 Å². The van der Waals surface area contributed by atoms with Crippen molar-refractivity contribution < 1.29 is 19.5 Å². The number of carbonyl (C=O) groups excluding carboxylic acids is 2. The Morgan fingerprint density at radius 3 is 2.40 bits per heavy atom. The van der Waals surface area contributed by atoms with Gasteiger partial charge in [0.15, 0.2) is 0 Å². The Hall–Kier alpha value is -2.02. The molecule has 1 aromatic carbocycles. The smallest absolute Gasteiger partial charge is 0.306 e. The van der Waals surface area contributed by atoms with Gasteiger partial charge in [0.1, 0.15) is 0 Å². The summed E-state index contributed by atoms with van der Waals surface area (Å²) in [6, 6.07) is 7.55. The van der Waals surface area contributed by atoms with E-state index in [2.05, 4.69) is 5.32 Å². The Bertz CT molecular complexity index is 624. The normalized spacial score (nSPS) is 16.3. The highest BCUT2D eigenvalue weighted by Gasteiger charge is 2.29. The summed E-state index contributed by atoms with van der Waals surface area (Å²) >= 11 is 1.30. The fourth-order valence-corrected chi connectivity index (χ4v) is 3.48. The Balaban J connectivity index is 1.74. The van der Waals surface area contributed by atoms with Crippen molar-refractivity contribution in [2.75, 3.05) is 24.2 Å². The van der Waals surface area contributed by atoms with Crippen LogP contribution in [-0.4, -0.2) is 51.9 Å². The molecule has 2 rings (SSSR count). The number of carboxylic acid groups (broad SMARTS) is 1. The quantitative estimate of drug-likeness (QED) is 0.809. The van der Waals surface area contributed by atoms with Crippen LogP contribution in [0.5, 0.6) is 0 Å². The summed E-state index contributed by atoms with van der Waals surface area (Å²) in [6.45, 7) is 4.70. The zero-order valence-electron chi connectivity index (χ0n) is 14.5. The van der Waals surface area contributed by atoms with Gasteiger partial charge in [0.2, 0.25) is 11.8 Å². The highest BCUT2D eigenvalue weighted by Crippen LogP contribution is 2.21. The predicted molar refractivity (Wildman–Crippen MR) is 98.7 cm³/mol. The third-order valence-electron chi connectivity index (χ3n) is 4.30. The zero-order chi connectivity index (χ0) is 18.4. The molecule has 1 aliphatic rings. The van der Waals surface area contributed by atoms with Gasteiger partial charge in [-0.05, 0) is 38.8 Å². The summed E-state index contributed by atoms with van der Waals surface area (Å²) < 4.78 is 0. The Kier molecular flexibility index (Phi) is 6.87. The molecule has 1 saturated heterocycles. The summed E-state index contributed by atoms with van der Waals surface area (Å²) in [6.07, 6.45) is 0.985. The molecule has 7 heteroatoms. The maximum Gasteiger partial charge on any atom is 0.306 e. The Morgan fingerprint density at radius 2 is 1.84 bits per heavy atom. The monoisotopic (exact) mass is 364 g/mol. The second-order valence-electron chi connectivity index (χ2n) is 6.31. The van der Waals surface area contributed by atoms with Gasteiger partial charge in [-0.25, -0.2) is 0 Å². The standard InChI is InChI=1S/C18H24N2O4S/c1-12-3-5-15(6-4-12)19-16(21)11-25-13(2)17(22)20-9-7-14(8-10-20)18(23)24/h3-6,13-14H,7-11H2,1-2H3,(H,19,21)(H,23,24). The molecule has 0 radical (unpaired) electrons. The van der Waals surface area contributed by atoms with Gasteiger partial charge >= 0.3 is 5.97 Å². The topological polar surface area (TPSA) is 86.7 Å². The van der Waals surface area contributed by atoms with Crippen LogP contribution in [0.4, 0.5) is 5.69 Å². The van der Waals surface area contributed by atoms with Gasteiger partial charge in [-0.1, -0.05) is 17.7 Å². The number of aryl methyl sites for hydroxylation is 1. The maximum absolute atomic E-state index is 12.4. The van der Waals surface area contributed by atoms with Gasteiger partial charge in [-0.15, -0.1) is 11.8 Å². The minimum absolute atomic E-state index is 0.0306. The molecule has 2 amide bonds. The highest BCUT2D eigenvalue weighted by molar-refractivity contribution is 8.01. The summed E-state index contributed by atoms with van der Waals surface area (Å²) in [5, 5.41) is 11.5. The van der Waals surface area contributed by atoms with Crippen molar-refractivity contribution in [2.24, 2.45) is 5.92 Å². The van der Waals surface area contributed by atoms with E-state index in [1.165, 1.54) is 11.8 Å². The minimum Gasteiger partial charge on any atom is -0.481 e. The molecule has 25 heavy (non-hydrogen) atoms. The number of thioether (sulfide) groups is 1. The lowest BCUT2D eigenvalue weighted by Crippen LogP contribution is -2.43. The Morgan fingerprint density at radius 1 is 1.24 bits per heavy atom. The number of carboxylic acids is 1. The van der Waals surface area contributed by atoms with E-state index in [0.29, 0.717) is 25.9 Å². The number of piperidine rings is 1. The maximum atomic E-state index is 12.4. The molecule has 0 aromatic heterocycles. The minimum atomic E-state index is -0.790. The molecule has 2 N–H and O–H groups in total. The van der Waals surface area contributed by atoms with Crippen LogP contribution in [0.25, 0.3) is 0 Å². The van der Waals surface area contributed by atoms with Crippen molar-refractivity contribution >= 4 is 35.2 Å². The van der Waals surface area contributed by atoms with E-state index in [9.17, 15) is 14.4 Å². The second-order valence-corrected chi connectivity index (χ2v) is 7.63. The Labute approximate surface area is 152 Å². The van der Waals surface area contributed by atoms with Gasteiger partial charge in [0, 0.05) is 18.8 Å². The molecular formula is C18H24N2O4S. The van der Waals surface area contributed by atoms with Crippen LogP contribution >= 0.6 is 11.8 Å². The number of amides is 2. The molecule has 1 unspecified atom stereocenters. The van der Waals surface area contributed by atoms with Gasteiger partial charge in [-0.2, -0.15) is 0 Å². The van der Waals surface area contributed by atoms with E-state index < -0.39 is 5.97 Å². The number of hydrogen-bond acceptors (Lipinski definition) is 4. The molecule has 0 bridgehead atoms. The number of rotatable bonds is 6. The number of nitrogens with one attached hydrogen (secondary N) is 1. The van der Waals surface area contributed by atoms with Crippen molar-refractivity contribution in [3.05, 3.63) is 29.8 Å². The molecule has 1 atom stereocenters. The summed E-state index contributed by atoms with van der Waals surface area (Å²) in [5.41, 5.74) is 1.86. The molecule has 0 saturated carbocycles. The number of aliphatic carboxylic acids is 1. The van der Waals surface area contributed by atoms with Crippen LogP contribution in [-0.2, 0) is 14.4 Å². The van der Waals surface area contributed by atoms with Crippen LogP contribution in [0.1, 0.15) is 25.3 Å². The molecule has 6 nitrogen and oxygen atoms in total. The first-order valence-electron chi connectivity index (χ1n) is 8.36. The average molecular weight is 364 g/mol. The highest BCUT2D eigenvalue weighted by atomic mass is 32.2. The van der Waals surface area contributed by atoms with Crippen molar-refractivity contribution in [3.63, 3.8) is 0 Å². The lowest BCUT2D eigenvalue weighted by molar-refractivity contribution is -0.145. The van der Waals surface area contributed by atoms with Gasteiger partial charge in [0.05, 0.1) is 16.9 Å². The van der Waals surface area contributed by atoms with Crippen LogP contribution in [0.15, 0.2) is 24.3 Å². The molecule has 0 aliphatic carbocycles. The molecular weight excluding hydrogens is 340 g/mol. The van der Waals surface area contributed by atoms with Crippen molar-refractivity contribution in [3.8, 4) is 0 Å². The first-order chi connectivity index (χ1) is 11.9. The second kappa shape index (κ2) is 8.89. The van der Waals surface area contributed by atoms with Crippen LogP contribution in [0.2, 0.25) is 0 Å². The number of benzene rings is 1. The van der Waals surface area contributed by atoms with Crippen LogP contribution < -0.4 is 5.32 Å². The first kappa shape index (κ1) is 19.3. The lowest BCUT2D eigenvalue weighted by atomic mass is 9.97. The number of carbonyl (C=O) groups is 3. The fourth-order valence-electron chi connectivity index (χ4n) is 2.71. The molecule has 1 aliphatic heterocycles. The molecule has 1 fully saturated rings. The molecule has 136 valence electrons.